The van der Waals surface area contributed by atoms with Crippen molar-refractivity contribution in [3.05, 3.63) is 58.9 Å². The number of benzene rings is 2. The summed E-state index contributed by atoms with van der Waals surface area (Å²) in [5, 5.41) is 4.71. The first-order chi connectivity index (χ1) is 14.6. The summed E-state index contributed by atoms with van der Waals surface area (Å²) < 4.78 is 16.2. The van der Waals surface area contributed by atoms with Gasteiger partial charge in [-0.05, 0) is 43.2 Å². The molecule has 156 valence electrons. The van der Waals surface area contributed by atoms with E-state index in [2.05, 4.69) is 10.1 Å². The van der Waals surface area contributed by atoms with Crippen LogP contribution in [0.5, 0.6) is 11.5 Å². The number of piperidine rings is 1. The number of methoxy groups -OCH3 is 2. The fraction of sp³-hybridized carbons (Fsp3) is 0.318. The van der Waals surface area contributed by atoms with E-state index in [0.29, 0.717) is 46.9 Å². The number of nitrogens with zero attached hydrogens (tertiary/aromatic N) is 3. The molecule has 1 fully saturated rings. The molecular formula is C22H22ClN3O4. The lowest BCUT2D eigenvalue weighted by Gasteiger charge is -2.31. The zero-order valence-electron chi connectivity index (χ0n) is 16.8. The van der Waals surface area contributed by atoms with Crippen molar-refractivity contribution in [1.82, 2.24) is 15.0 Å². The molecule has 3 aromatic rings. The average Bonchev–Trinajstić information content (AvgIpc) is 3.28. The number of ether oxygens (including phenoxy) is 2. The molecule has 0 spiro atoms. The molecule has 0 N–H and O–H groups in total. The van der Waals surface area contributed by atoms with Crippen molar-refractivity contribution in [2.45, 2.75) is 18.8 Å². The molecule has 30 heavy (non-hydrogen) atoms. The van der Waals surface area contributed by atoms with Crippen LogP contribution in [-0.2, 0) is 0 Å². The van der Waals surface area contributed by atoms with Gasteiger partial charge in [0.2, 0.25) is 0 Å². The van der Waals surface area contributed by atoms with Gasteiger partial charge in [-0.3, -0.25) is 4.79 Å². The van der Waals surface area contributed by atoms with Gasteiger partial charge in [0.15, 0.2) is 5.82 Å². The van der Waals surface area contributed by atoms with E-state index in [1.807, 2.05) is 24.3 Å². The van der Waals surface area contributed by atoms with Crippen molar-refractivity contribution in [3.8, 4) is 23.0 Å². The van der Waals surface area contributed by atoms with Crippen molar-refractivity contribution in [1.29, 1.82) is 0 Å². The molecule has 8 heteroatoms. The molecule has 0 aliphatic carbocycles. The highest BCUT2D eigenvalue weighted by Crippen LogP contribution is 2.32. The maximum Gasteiger partial charge on any atom is 0.261 e. The smallest absolute Gasteiger partial charge is 0.261 e. The summed E-state index contributed by atoms with van der Waals surface area (Å²) in [6.45, 7) is 1.17. The van der Waals surface area contributed by atoms with Crippen LogP contribution < -0.4 is 9.47 Å². The molecule has 4 rings (SSSR count). The molecule has 0 bridgehead atoms. The van der Waals surface area contributed by atoms with Crippen LogP contribution >= 0.6 is 11.6 Å². The summed E-state index contributed by atoms with van der Waals surface area (Å²) >= 11 is 6.02. The Morgan fingerprint density at radius 1 is 1.17 bits per heavy atom. The van der Waals surface area contributed by atoms with Gasteiger partial charge in [0.05, 0.1) is 25.3 Å². The summed E-state index contributed by atoms with van der Waals surface area (Å²) in [7, 11) is 3.13. The quantitative estimate of drug-likeness (QED) is 0.599. The van der Waals surface area contributed by atoms with E-state index in [0.717, 1.165) is 18.4 Å². The Labute approximate surface area is 179 Å². The van der Waals surface area contributed by atoms with Crippen LogP contribution in [0.25, 0.3) is 11.5 Å². The van der Waals surface area contributed by atoms with Gasteiger partial charge in [-0.1, -0.05) is 28.9 Å². The molecule has 1 aliphatic rings. The van der Waals surface area contributed by atoms with Gasteiger partial charge >= 0.3 is 0 Å². The molecule has 1 aliphatic heterocycles. The third kappa shape index (κ3) is 3.98. The van der Waals surface area contributed by atoms with Gasteiger partial charge in [0.25, 0.3) is 11.8 Å². The van der Waals surface area contributed by atoms with Gasteiger partial charge in [-0.2, -0.15) is 4.98 Å². The second-order valence-electron chi connectivity index (χ2n) is 7.09. The Kier molecular flexibility index (Phi) is 5.90. The first kappa shape index (κ1) is 20.2. The van der Waals surface area contributed by atoms with Crippen LogP contribution in [0.1, 0.15) is 34.9 Å². The van der Waals surface area contributed by atoms with Gasteiger partial charge in [-0.25, -0.2) is 0 Å². The summed E-state index contributed by atoms with van der Waals surface area (Å²) in [6.07, 6.45) is 1.73. The van der Waals surface area contributed by atoms with Crippen LogP contribution in [0.2, 0.25) is 5.02 Å². The van der Waals surface area contributed by atoms with E-state index in [9.17, 15) is 4.79 Å². The second-order valence-corrected chi connectivity index (χ2v) is 7.53. The number of hydrogen-bond acceptors (Lipinski definition) is 6. The van der Waals surface area contributed by atoms with Gasteiger partial charge in [-0.15, -0.1) is 0 Å². The molecule has 1 aromatic heterocycles. The molecule has 1 amide bonds. The van der Waals surface area contributed by atoms with E-state index >= 15 is 0 Å². The van der Waals surface area contributed by atoms with Crippen LogP contribution in [0.15, 0.2) is 47.0 Å². The fourth-order valence-corrected chi connectivity index (χ4v) is 3.88. The fourth-order valence-electron chi connectivity index (χ4n) is 3.72. The maximum atomic E-state index is 13.1. The minimum absolute atomic E-state index is 0.00629. The van der Waals surface area contributed by atoms with Crippen LogP contribution in [0, 0.1) is 0 Å². The van der Waals surface area contributed by atoms with Crippen LogP contribution in [-0.4, -0.2) is 48.3 Å². The van der Waals surface area contributed by atoms with Crippen molar-refractivity contribution in [3.63, 3.8) is 0 Å². The number of likely N-dealkylation sites (tertiary alicyclic amines) is 1. The lowest BCUT2D eigenvalue weighted by molar-refractivity contribution is 0.0700. The Morgan fingerprint density at radius 3 is 2.77 bits per heavy atom. The summed E-state index contributed by atoms with van der Waals surface area (Å²) in [5.74, 6) is 2.03. The molecule has 1 atom stereocenters. The SMILES string of the molecule is COc1cc(Cl)ccc1C(=O)N1CCC[C@H](c2noc(-c3ccccc3OC)n2)C1. The van der Waals surface area contributed by atoms with Crippen molar-refractivity contribution >= 4 is 17.5 Å². The van der Waals surface area contributed by atoms with E-state index < -0.39 is 0 Å². The molecular weight excluding hydrogens is 406 g/mol. The van der Waals surface area contributed by atoms with E-state index in [1.165, 1.54) is 7.11 Å². The minimum atomic E-state index is -0.0957. The Morgan fingerprint density at radius 2 is 1.97 bits per heavy atom. The molecule has 0 saturated carbocycles. The van der Waals surface area contributed by atoms with Crippen molar-refractivity contribution < 1.29 is 18.8 Å². The summed E-state index contributed by atoms with van der Waals surface area (Å²) in [5.41, 5.74) is 1.23. The Hall–Kier alpha value is -3.06. The van der Waals surface area contributed by atoms with Crippen molar-refractivity contribution in [2.75, 3.05) is 27.3 Å². The predicted octanol–water partition coefficient (Wildman–Crippen LogP) is 4.43. The van der Waals surface area contributed by atoms with Gasteiger partial charge < -0.3 is 18.9 Å². The Bertz CT molecular complexity index is 1050. The second kappa shape index (κ2) is 8.75. The normalized spacial score (nSPS) is 16.4. The topological polar surface area (TPSA) is 77.7 Å². The summed E-state index contributed by atoms with van der Waals surface area (Å²) in [6, 6.07) is 12.5. The standard InChI is InChI=1S/C22H22ClN3O4/c1-28-18-8-4-3-7-16(18)21-24-20(25-30-21)14-6-5-11-26(13-14)22(27)17-10-9-15(23)12-19(17)29-2/h3-4,7-10,12,14H,5-6,11,13H2,1-2H3/t14-/m0/s1. The number of amides is 1. The molecule has 1 saturated heterocycles. The molecule has 0 unspecified atom stereocenters. The molecule has 0 radical (unpaired) electrons. The third-order valence-electron chi connectivity index (χ3n) is 5.25. The van der Waals surface area contributed by atoms with Crippen molar-refractivity contribution in [2.24, 2.45) is 0 Å². The highest BCUT2D eigenvalue weighted by atomic mass is 35.5. The molecule has 2 heterocycles. The van der Waals surface area contributed by atoms with Gasteiger partial charge in [0, 0.05) is 24.0 Å². The minimum Gasteiger partial charge on any atom is -0.496 e. The number of carbonyl (C=O) groups excluding carboxylic acids is 1. The largest absolute Gasteiger partial charge is 0.496 e. The zero-order chi connectivity index (χ0) is 21.1. The average molecular weight is 428 g/mol. The molecule has 2 aromatic carbocycles. The van der Waals surface area contributed by atoms with E-state index in [4.69, 9.17) is 25.6 Å². The van der Waals surface area contributed by atoms with E-state index in [1.54, 1.807) is 30.2 Å². The van der Waals surface area contributed by atoms with Crippen LogP contribution in [0.4, 0.5) is 0 Å². The Balaban J connectivity index is 1.54. The van der Waals surface area contributed by atoms with Gasteiger partial charge in [0.1, 0.15) is 11.5 Å². The number of carbonyl (C=O) groups is 1. The number of aromatic nitrogens is 2. The maximum absolute atomic E-state index is 13.1. The number of halogens is 1. The number of rotatable bonds is 5. The number of para-hydroxylation sites is 1. The zero-order valence-corrected chi connectivity index (χ0v) is 17.6. The number of hydrogen-bond donors (Lipinski definition) is 0. The highest BCUT2D eigenvalue weighted by molar-refractivity contribution is 6.30. The first-order valence-corrected chi connectivity index (χ1v) is 10.1. The lowest BCUT2D eigenvalue weighted by Crippen LogP contribution is -2.39. The lowest BCUT2D eigenvalue weighted by atomic mass is 9.96. The third-order valence-corrected chi connectivity index (χ3v) is 5.48. The monoisotopic (exact) mass is 427 g/mol. The predicted molar refractivity (Wildman–Crippen MR) is 112 cm³/mol. The van der Waals surface area contributed by atoms with Crippen LogP contribution in [0.3, 0.4) is 0 Å². The van der Waals surface area contributed by atoms with E-state index in [-0.39, 0.29) is 11.8 Å². The summed E-state index contributed by atoms with van der Waals surface area (Å²) in [4.78, 5) is 19.5. The first-order valence-electron chi connectivity index (χ1n) is 9.70. The highest BCUT2D eigenvalue weighted by Gasteiger charge is 2.30. The molecule has 7 nitrogen and oxygen atoms in total.